The Balaban J connectivity index is 4.37. The Labute approximate surface area is 409 Å². The molecule has 0 radical (unpaired) electrons. The molecule has 0 amide bonds. The molecule has 1 atom stereocenters. The van der Waals surface area contributed by atoms with Gasteiger partial charge < -0.3 is 14.2 Å². The van der Waals surface area contributed by atoms with E-state index >= 15 is 0 Å². The van der Waals surface area contributed by atoms with Gasteiger partial charge in [0.05, 0.1) is 0 Å². The Bertz CT molecular complexity index is 1200. The zero-order valence-corrected chi connectivity index (χ0v) is 43.7. The van der Waals surface area contributed by atoms with Crippen LogP contribution in [0.15, 0.2) is 60.8 Å². The van der Waals surface area contributed by atoms with Gasteiger partial charge in [0.15, 0.2) is 6.10 Å². The predicted molar refractivity (Wildman–Crippen MR) is 284 cm³/mol. The van der Waals surface area contributed by atoms with Crippen molar-refractivity contribution in [2.45, 2.75) is 290 Å². The number of esters is 3. The number of unbranched alkanes of at least 4 members (excludes halogenated alkanes) is 32. The third kappa shape index (κ3) is 52.1. The van der Waals surface area contributed by atoms with Gasteiger partial charge in [-0.2, -0.15) is 0 Å². The average Bonchev–Trinajstić information content (AvgIpc) is 3.31. The van der Waals surface area contributed by atoms with Crippen LogP contribution in [0, 0.1) is 0 Å². The molecular formula is C60H106O6. The van der Waals surface area contributed by atoms with Gasteiger partial charge in [0.2, 0.25) is 0 Å². The normalized spacial score (nSPS) is 12.5. The summed E-state index contributed by atoms with van der Waals surface area (Å²) >= 11 is 0. The van der Waals surface area contributed by atoms with Crippen molar-refractivity contribution < 1.29 is 28.6 Å². The highest BCUT2D eigenvalue weighted by Crippen LogP contribution is 2.16. The molecule has 0 rings (SSSR count). The first kappa shape index (κ1) is 63.1. The molecule has 0 N–H and O–H groups in total. The highest BCUT2D eigenvalue weighted by Gasteiger charge is 2.19. The Morgan fingerprint density at radius 2 is 0.652 bits per heavy atom. The molecule has 0 bridgehead atoms. The smallest absolute Gasteiger partial charge is 0.306 e. The van der Waals surface area contributed by atoms with Crippen LogP contribution in [-0.4, -0.2) is 37.2 Å². The summed E-state index contributed by atoms with van der Waals surface area (Å²) in [5.74, 6) is -0.900. The van der Waals surface area contributed by atoms with Gasteiger partial charge in [0, 0.05) is 19.3 Å². The van der Waals surface area contributed by atoms with Crippen molar-refractivity contribution >= 4 is 17.9 Å². The molecule has 0 aliphatic heterocycles. The number of rotatable bonds is 51. The van der Waals surface area contributed by atoms with E-state index in [1.165, 1.54) is 148 Å². The Hall–Kier alpha value is -2.89. The molecular weight excluding hydrogens is 817 g/mol. The van der Waals surface area contributed by atoms with Gasteiger partial charge in [-0.15, -0.1) is 0 Å². The van der Waals surface area contributed by atoms with Crippen molar-refractivity contribution in [3.63, 3.8) is 0 Å². The molecule has 6 nitrogen and oxygen atoms in total. The zero-order valence-electron chi connectivity index (χ0n) is 43.7. The summed E-state index contributed by atoms with van der Waals surface area (Å²) in [6.07, 6.45) is 67.8. The Kier molecular flexibility index (Phi) is 52.3. The molecule has 0 heterocycles. The van der Waals surface area contributed by atoms with Gasteiger partial charge in [-0.1, -0.05) is 255 Å². The summed E-state index contributed by atoms with van der Waals surface area (Å²) in [7, 11) is 0. The summed E-state index contributed by atoms with van der Waals surface area (Å²) in [6, 6.07) is 0. The molecule has 0 saturated heterocycles. The minimum absolute atomic E-state index is 0.0818. The van der Waals surface area contributed by atoms with E-state index in [4.69, 9.17) is 14.2 Å². The molecule has 0 aromatic carbocycles. The van der Waals surface area contributed by atoms with Crippen LogP contribution in [0.4, 0.5) is 0 Å². The number of hydrogen-bond donors (Lipinski definition) is 0. The maximum Gasteiger partial charge on any atom is 0.306 e. The second kappa shape index (κ2) is 54.7. The summed E-state index contributed by atoms with van der Waals surface area (Å²) in [6.45, 7) is 6.49. The molecule has 0 saturated carbocycles. The number of carbonyl (C=O) groups is 3. The van der Waals surface area contributed by atoms with Crippen molar-refractivity contribution in [2.75, 3.05) is 13.2 Å². The van der Waals surface area contributed by atoms with Crippen molar-refractivity contribution in [3.05, 3.63) is 60.8 Å². The fraction of sp³-hybridized carbons (Fsp3) is 0.783. The van der Waals surface area contributed by atoms with E-state index in [1.807, 2.05) is 0 Å². The van der Waals surface area contributed by atoms with Crippen molar-refractivity contribution in [1.29, 1.82) is 0 Å². The van der Waals surface area contributed by atoms with Crippen LogP contribution < -0.4 is 0 Å². The maximum absolute atomic E-state index is 12.8. The molecule has 0 spiro atoms. The molecule has 66 heavy (non-hydrogen) atoms. The molecule has 1 unspecified atom stereocenters. The molecule has 0 fully saturated rings. The van der Waals surface area contributed by atoms with Gasteiger partial charge in [-0.25, -0.2) is 0 Å². The third-order valence-corrected chi connectivity index (χ3v) is 12.3. The topological polar surface area (TPSA) is 78.9 Å². The summed E-state index contributed by atoms with van der Waals surface area (Å²) in [4.78, 5) is 38.1. The van der Waals surface area contributed by atoms with E-state index in [9.17, 15) is 14.4 Å². The van der Waals surface area contributed by atoms with E-state index < -0.39 is 6.10 Å². The van der Waals surface area contributed by atoms with Gasteiger partial charge in [-0.3, -0.25) is 14.4 Å². The second-order valence-corrected chi connectivity index (χ2v) is 18.9. The molecule has 0 aliphatic rings. The molecule has 382 valence electrons. The minimum Gasteiger partial charge on any atom is -0.462 e. The van der Waals surface area contributed by atoms with Crippen molar-refractivity contribution in [3.8, 4) is 0 Å². The summed E-state index contributed by atoms with van der Waals surface area (Å²) in [5.41, 5.74) is 0. The first-order valence-corrected chi connectivity index (χ1v) is 28.3. The molecule has 0 aromatic heterocycles. The van der Waals surface area contributed by atoms with Crippen LogP contribution in [0.1, 0.15) is 284 Å². The number of ether oxygens (including phenoxy) is 3. The van der Waals surface area contributed by atoms with Crippen LogP contribution in [0.5, 0.6) is 0 Å². The number of allylic oxidation sites excluding steroid dienone is 10. The van der Waals surface area contributed by atoms with Gasteiger partial charge >= 0.3 is 17.9 Å². The minimum atomic E-state index is -0.785. The largest absolute Gasteiger partial charge is 0.462 e. The van der Waals surface area contributed by atoms with E-state index in [2.05, 4.69) is 81.5 Å². The fourth-order valence-corrected chi connectivity index (χ4v) is 8.06. The van der Waals surface area contributed by atoms with E-state index in [-0.39, 0.29) is 31.1 Å². The lowest BCUT2D eigenvalue weighted by molar-refractivity contribution is -0.167. The highest BCUT2D eigenvalue weighted by molar-refractivity contribution is 5.71. The van der Waals surface area contributed by atoms with E-state index in [1.54, 1.807) is 0 Å². The summed E-state index contributed by atoms with van der Waals surface area (Å²) < 4.78 is 16.8. The SMILES string of the molecule is CC\C=C/C=C\C=C/CCCCCCCC(=O)OCC(COC(=O)CCCCCCCCCCCCCCCCCCCC)OC(=O)CCCCCCCCC/C=C\C/C=C\CCCCC. The van der Waals surface area contributed by atoms with Gasteiger partial charge in [0.1, 0.15) is 13.2 Å². The summed E-state index contributed by atoms with van der Waals surface area (Å²) in [5, 5.41) is 0. The monoisotopic (exact) mass is 923 g/mol. The first-order valence-electron chi connectivity index (χ1n) is 28.3. The Morgan fingerprint density at radius 1 is 0.333 bits per heavy atom. The predicted octanol–water partition coefficient (Wildman–Crippen LogP) is 18.8. The molecule has 0 aliphatic carbocycles. The van der Waals surface area contributed by atoms with Gasteiger partial charge in [0.25, 0.3) is 0 Å². The third-order valence-electron chi connectivity index (χ3n) is 12.3. The number of hydrogen-bond acceptors (Lipinski definition) is 6. The van der Waals surface area contributed by atoms with Crippen LogP contribution in [0.2, 0.25) is 0 Å². The van der Waals surface area contributed by atoms with Crippen LogP contribution in [0.25, 0.3) is 0 Å². The molecule has 6 heteroatoms. The zero-order chi connectivity index (χ0) is 47.9. The lowest BCUT2D eigenvalue weighted by Gasteiger charge is -2.18. The lowest BCUT2D eigenvalue weighted by atomic mass is 10.0. The van der Waals surface area contributed by atoms with Gasteiger partial charge in [-0.05, 0) is 70.6 Å². The average molecular weight is 924 g/mol. The van der Waals surface area contributed by atoms with E-state index in [0.717, 1.165) is 96.3 Å². The standard InChI is InChI=1S/C60H106O6/c1-4-7-10-13-16-19-22-25-27-29-31-32-35-38-41-44-47-50-53-59(62)65-56-57(55-64-58(61)52-49-46-43-40-37-34-24-21-18-15-12-9-6-3)66-60(63)54-51-48-45-42-39-36-33-30-28-26-23-20-17-14-11-8-5-2/h9,12,15,17-18,20-21,24,26,28,57H,4-8,10-11,13-14,16,19,22-23,25,27,29-56H2,1-3H3/b12-9-,18-15-,20-17-,24-21-,28-26-. The van der Waals surface area contributed by atoms with Crippen molar-refractivity contribution in [2.24, 2.45) is 0 Å². The molecule has 0 aromatic rings. The van der Waals surface area contributed by atoms with Crippen molar-refractivity contribution in [1.82, 2.24) is 0 Å². The van der Waals surface area contributed by atoms with Crippen LogP contribution in [0.3, 0.4) is 0 Å². The fourth-order valence-electron chi connectivity index (χ4n) is 8.06. The number of carbonyl (C=O) groups excluding carboxylic acids is 3. The second-order valence-electron chi connectivity index (χ2n) is 18.9. The van der Waals surface area contributed by atoms with Crippen LogP contribution in [-0.2, 0) is 28.6 Å². The first-order chi connectivity index (χ1) is 32.5. The maximum atomic E-state index is 12.8. The Morgan fingerprint density at radius 3 is 1.06 bits per heavy atom. The lowest BCUT2D eigenvalue weighted by Crippen LogP contribution is -2.30. The highest BCUT2D eigenvalue weighted by atomic mass is 16.6. The van der Waals surface area contributed by atoms with E-state index in [0.29, 0.717) is 19.3 Å². The van der Waals surface area contributed by atoms with Crippen LogP contribution >= 0.6 is 0 Å². The quantitative estimate of drug-likeness (QED) is 0.0199.